The number of rotatable bonds is 4. The zero-order chi connectivity index (χ0) is 13.8. The second-order valence-electron chi connectivity index (χ2n) is 3.92. The van der Waals surface area contributed by atoms with Crippen LogP contribution in [0, 0.1) is 5.82 Å². The summed E-state index contributed by atoms with van der Waals surface area (Å²) in [5.41, 5.74) is 1.40. The van der Waals surface area contributed by atoms with E-state index in [4.69, 9.17) is 39.5 Å². The van der Waals surface area contributed by atoms with E-state index in [-0.39, 0.29) is 18.2 Å². The van der Waals surface area contributed by atoms with E-state index >= 15 is 0 Å². The zero-order valence-corrected chi connectivity index (χ0v) is 12.1. The summed E-state index contributed by atoms with van der Waals surface area (Å²) in [5.74, 6) is -0.0293. The van der Waals surface area contributed by atoms with Crippen molar-refractivity contribution in [2.45, 2.75) is 12.5 Å². The molecule has 0 radical (unpaired) electrons. The number of hydrogen-bond donors (Lipinski definition) is 0. The van der Waals surface area contributed by atoms with Crippen molar-refractivity contribution < 1.29 is 9.13 Å². The highest BCUT2D eigenvalue weighted by molar-refractivity contribution is 6.33. The van der Waals surface area contributed by atoms with Crippen molar-refractivity contribution >= 4 is 34.8 Å². The van der Waals surface area contributed by atoms with Crippen molar-refractivity contribution in [2.75, 3.05) is 0 Å². The Kier molecular flexibility index (Phi) is 4.92. The Morgan fingerprint density at radius 1 is 1.05 bits per heavy atom. The van der Waals surface area contributed by atoms with Gasteiger partial charge in [-0.3, -0.25) is 0 Å². The topological polar surface area (TPSA) is 9.23 Å². The molecule has 0 atom stereocenters. The SMILES string of the molecule is Fc1cc(CCl)ccc1OCc1cc(Cl)ccc1Cl. The highest BCUT2D eigenvalue weighted by Gasteiger charge is 2.07. The minimum absolute atomic E-state index is 0.149. The summed E-state index contributed by atoms with van der Waals surface area (Å²) >= 11 is 17.5. The van der Waals surface area contributed by atoms with Crippen molar-refractivity contribution in [1.82, 2.24) is 0 Å². The lowest BCUT2D eigenvalue weighted by Crippen LogP contribution is -1.98. The molecule has 100 valence electrons. The molecule has 0 aliphatic rings. The molecule has 0 aliphatic heterocycles. The monoisotopic (exact) mass is 318 g/mol. The van der Waals surface area contributed by atoms with Gasteiger partial charge in [-0.2, -0.15) is 0 Å². The van der Waals surface area contributed by atoms with Crippen LogP contribution in [0.2, 0.25) is 10.0 Å². The number of benzene rings is 2. The van der Waals surface area contributed by atoms with E-state index < -0.39 is 5.82 Å². The number of ether oxygens (including phenoxy) is 1. The summed E-state index contributed by atoms with van der Waals surface area (Å²) in [6, 6.07) is 9.66. The first-order valence-corrected chi connectivity index (χ1v) is 6.80. The van der Waals surface area contributed by atoms with Gasteiger partial charge < -0.3 is 4.74 Å². The zero-order valence-electron chi connectivity index (χ0n) is 9.80. The molecule has 19 heavy (non-hydrogen) atoms. The second-order valence-corrected chi connectivity index (χ2v) is 5.03. The fraction of sp³-hybridized carbons (Fsp3) is 0.143. The van der Waals surface area contributed by atoms with Crippen molar-refractivity contribution in [2.24, 2.45) is 0 Å². The molecule has 0 unspecified atom stereocenters. The van der Waals surface area contributed by atoms with E-state index in [0.29, 0.717) is 21.2 Å². The Morgan fingerprint density at radius 2 is 1.84 bits per heavy atom. The number of alkyl halides is 1. The number of halogens is 4. The summed E-state index contributed by atoms with van der Waals surface area (Å²) in [5, 5.41) is 1.09. The average molecular weight is 320 g/mol. The van der Waals surface area contributed by atoms with Gasteiger partial charge in [-0.25, -0.2) is 4.39 Å². The Labute approximate surface area is 125 Å². The van der Waals surface area contributed by atoms with E-state index in [0.717, 1.165) is 0 Å². The van der Waals surface area contributed by atoms with E-state index in [1.165, 1.54) is 6.07 Å². The summed E-state index contributed by atoms with van der Waals surface area (Å²) in [6.45, 7) is 0.149. The van der Waals surface area contributed by atoms with E-state index in [1.807, 2.05) is 0 Å². The molecule has 0 N–H and O–H groups in total. The van der Waals surface area contributed by atoms with Crippen LogP contribution < -0.4 is 4.74 Å². The molecule has 5 heteroatoms. The van der Waals surface area contributed by atoms with Gasteiger partial charge in [-0.15, -0.1) is 11.6 Å². The van der Waals surface area contributed by atoms with Gasteiger partial charge in [0.25, 0.3) is 0 Å². The maximum atomic E-state index is 13.7. The second kappa shape index (κ2) is 6.47. The molecular weight excluding hydrogens is 310 g/mol. The lowest BCUT2D eigenvalue weighted by molar-refractivity contribution is 0.290. The first-order chi connectivity index (χ1) is 9.10. The molecule has 0 saturated carbocycles. The van der Waals surface area contributed by atoms with Crippen LogP contribution in [0.4, 0.5) is 4.39 Å². The molecule has 0 amide bonds. The first-order valence-electron chi connectivity index (χ1n) is 5.51. The van der Waals surface area contributed by atoms with Crippen LogP contribution in [0.5, 0.6) is 5.75 Å². The fourth-order valence-corrected chi connectivity index (χ4v) is 2.09. The molecule has 0 saturated heterocycles. The van der Waals surface area contributed by atoms with Gasteiger partial charge >= 0.3 is 0 Å². The highest BCUT2D eigenvalue weighted by atomic mass is 35.5. The largest absolute Gasteiger partial charge is 0.486 e. The van der Waals surface area contributed by atoms with Gasteiger partial charge in [0.05, 0.1) is 0 Å². The molecule has 2 rings (SSSR count). The van der Waals surface area contributed by atoms with E-state index in [9.17, 15) is 4.39 Å². The van der Waals surface area contributed by atoms with Crippen LogP contribution >= 0.6 is 34.8 Å². The van der Waals surface area contributed by atoms with Crippen molar-refractivity contribution in [1.29, 1.82) is 0 Å². The van der Waals surface area contributed by atoms with Crippen LogP contribution in [0.25, 0.3) is 0 Å². The summed E-state index contributed by atoms with van der Waals surface area (Å²) in [6.07, 6.45) is 0. The summed E-state index contributed by atoms with van der Waals surface area (Å²) in [7, 11) is 0. The highest BCUT2D eigenvalue weighted by Crippen LogP contribution is 2.24. The number of hydrogen-bond acceptors (Lipinski definition) is 1. The van der Waals surface area contributed by atoms with Crippen LogP contribution in [-0.4, -0.2) is 0 Å². The Morgan fingerprint density at radius 3 is 2.53 bits per heavy atom. The van der Waals surface area contributed by atoms with Crippen molar-refractivity contribution in [3.8, 4) is 5.75 Å². The predicted octanol–water partition coefficient (Wildman–Crippen LogP) is 5.45. The summed E-state index contributed by atoms with van der Waals surface area (Å²) < 4.78 is 19.1. The molecule has 0 spiro atoms. The third kappa shape index (κ3) is 3.75. The predicted molar refractivity (Wildman–Crippen MR) is 76.8 cm³/mol. The molecule has 0 bridgehead atoms. The maximum Gasteiger partial charge on any atom is 0.165 e. The Bertz CT molecular complexity index is 587. The third-order valence-corrected chi connectivity index (χ3v) is 3.45. The maximum absolute atomic E-state index is 13.7. The smallest absolute Gasteiger partial charge is 0.165 e. The third-order valence-electron chi connectivity index (χ3n) is 2.54. The van der Waals surface area contributed by atoms with Gasteiger partial charge in [0, 0.05) is 21.5 Å². The molecule has 2 aromatic carbocycles. The standard InChI is InChI=1S/C14H10Cl3FO/c15-7-9-1-4-14(13(18)5-9)19-8-10-6-11(16)2-3-12(10)17/h1-6H,7-8H2. The summed E-state index contributed by atoms with van der Waals surface area (Å²) in [4.78, 5) is 0. The molecule has 1 nitrogen and oxygen atoms in total. The van der Waals surface area contributed by atoms with Crippen LogP contribution in [0.15, 0.2) is 36.4 Å². The first kappa shape index (κ1) is 14.4. The van der Waals surface area contributed by atoms with Crippen LogP contribution in [0.3, 0.4) is 0 Å². The average Bonchev–Trinajstić information content (AvgIpc) is 2.40. The van der Waals surface area contributed by atoms with Crippen molar-refractivity contribution in [3.63, 3.8) is 0 Å². The molecule has 0 fully saturated rings. The molecule has 0 aromatic heterocycles. The lowest BCUT2D eigenvalue weighted by Gasteiger charge is -2.09. The molecule has 0 heterocycles. The molecular formula is C14H10Cl3FO. The Balaban J connectivity index is 2.12. The normalized spacial score (nSPS) is 10.5. The van der Waals surface area contributed by atoms with Crippen molar-refractivity contribution in [3.05, 3.63) is 63.4 Å². The fourth-order valence-electron chi connectivity index (χ4n) is 1.55. The van der Waals surface area contributed by atoms with Gasteiger partial charge in [-0.05, 0) is 35.9 Å². The van der Waals surface area contributed by atoms with E-state index in [2.05, 4.69) is 0 Å². The van der Waals surface area contributed by atoms with Gasteiger partial charge in [0.15, 0.2) is 11.6 Å². The Hall–Kier alpha value is -0.960. The minimum Gasteiger partial charge on any atom is -0.486 e. The van der Waals surface area contributed by atoms with Gasteiger partial charge in [-0.1, -0.05) is 29.3 Å². The molecule has 2 aromatic rings. The lowest BCUT2D eigenvalue weighted by atomic mass is 10.2. The van der Waals surface area contributed by atoms with Gasteiger partial charge in [0.1, 0.15) is 6.61 Å². The minimum atomic E-state index is -0.448. The van der Waals surface area contributed by atoms with Crippen LogP contribution in [-0.2, 0) is 12.5 Å². The van der Waals surface area contributed by atoms with Gasteiger partial charge in [0.2, 0.25) is 0 Å². The molecule has 0 aliphatic carbocycles. The van der Waals surface area contributed by atoms with Crippen LogP contribution in [0.1, 0.15) is 11.1 Å². The van der Waals surface area contributed by atoms with E-state index in [1.54, 1.807) is 30.3 Å². The quantitative estimate of drug-likeness (QED) is 0.681.